The largest absolute Gasteiger partial charge is 0.291 e. The molecule has 0 radical (unpaired) electrons. The highest BCUT2D eigenvalue weighted by molar-refractivity contribution is 6.11. The maximum absolute atomic E-state index is 12.3. The Morgan fingerprint density at radius 1 is 0.944 bits per heavy atom. The molecule has 2 aromatic carbocycles. The minimum absolute atomic E-state index is 0.0867. The van der Waals surface area contributed by atoms with Crippen LogP contribution in [-0.4, -0.2) is 5.78 Å². The Balaban J connectivity index is 2.14. The maximum atomic E-state index is 12.3. The second kappa shape index (κ2) is 4.07. The van der Waals surface area contributed by atoms with Crippen LogP contribution in [0.5, 0.6) is 0 Å². The highest BCUT2D eigenvalue weighted by atomic mass is 16.3. The van der Waals surface area contributed by atoms with Gasteiger partial charge in [-0.05, 0) is 17.7 Å². The average Bonchev–Trinajstić information content (AvgIpc) is 2.73. The number of fused-ring (bicyclic) bond motifs is 1. The van der Waals surface area contributed by atoms with E-state index >= 15 is 0 Å². The molecule has 1 aliphatic rings. The van der Waals surface area contributed by atoms with Crippen LogP contribution in [0.3, 0.4) is 0 Å². The van der Waals surface area contributed by atoms with Gasteiger partial charge in [-0.15, -0.1) is 4.91 Å². The Labute approximate surface area is 104 Å². The molecule has 1 heterocycles. The van der Waals surface area contributed by atoms with Gasteiger partial charge in [0.05, 0.1) is 11.0 Å². The van der Waals surface area contributed by atoms with Gasteiger partial charge in [-0.3, -0.25) is 4.79 Å². The lowest BCUT2D eigenvalue weighted by Crippen LogP contribution is -2.21. The monoisotopic (exact) mass is 238 g/mol. The molecule has 0 bridgehead atoms. The van der Waals surface area contributed by atoms with Crippen LogP contribution in [0.25, 0.3) is 0 Å². The van der Waals surface area contributed by atoms with E-state index in [0.717, 1.165) is 5.56 Å². The molecule has 2 aromatic rings. The molecule has 0 saturated heterocycles. The lowest BCUT2D eigenvalue weighted by atomic mass is 10.0. The van der Waals surface area contributed by atoms with E-state index in [9.17, 15) is 9.70 Å². The SMILES string of the molecule is O=NN1c2ccccc2C(=O)[C@@H]1c1ccccc1. The fourth-order valence-corrected chi connectivity index (χ4v) is 2.30. The molecule has 0 N–H and O–H groups in total. The first-order valence-corrected chi connectivity index (χ1v) is 5.63. The van der Waals surface area contributed by atoms with Crippen molar-refractivity contribution in [3.8, 4) is 0 Å². The van der Waals surface area contributed by atoms with Crippen molar-refractivity contribution in [1.82, 2.24) is 0 Å². The predicted octanol–water partition coefficient (Wildman–Crippen LogP) is 3.11. The normalized spacial score (nSPS) is 17.7. The first kappa shape index (κ1) is 10.7. The Hall–Kier alpha value is -2.49. The molecule has 1 atom stereocenters. The molecule has 0 fully saturated rings. The number of rotatable bonds is 2. The zero-order valence-corrected chi connectivity index (χ0v) is 9.48. The molecule has 0 spiro atoms. The van der Waals surface area contributed by atoms with Gasteiger partial charge >= 0.3 is 0 Å². The number of benzene rings is 2. The zero-order valence-electron chi connectivity index (χ0n) is 9.48. The first-order chi connectivity index (χ1) is 8.83. The molecule has 0 unspecified atom stereocenters. The van der Waals surface area contributed by atoms with E-state index < -0.39 is 6.04 Å². The lowest BCUT2D eigenvalue weighted by molar-refractivity contribution is 0.0971. The number of carbonyl (C=O) groups excluding carboxylic acids is 1. The predicted molar refractivity (Wildman–Crippen MR) is 68.2 cm³/mol. The molecule has 1 aliphatic heterocycles. The van der Waals surface area contributed by atoms with E-state index in [2.05, 4.69) is 5.29 Å². The number of Topliss-reactive ketones (excluding diaryl/α,β-unsaturated/α-hetero) is 1. The fourth-order valence-electron chi connectivity index (χ4n) is 2.30. The van der Waals surface area contributed by atoms with Crippen molar-refractivity contribution in [1.29, 1.82) is 0 Å². The lowest BCUT2D eigenvalue weighted by Gasteiger charge is -2.17. The van der Waals surface area contributed by atoms with Crippen LogP contribution in [0.2, 0.25) is 0 Å². The standard InChI is InChI=1S/C14H10N2O2/c17-14-11-8-4-5-9-12(11)16(15-18)13(14)10-6-2-1-3-7-10/h1-9,13H/t13-/m0/s1. The van der Waals surface area contributed by atoms with Crippen molar-refractivity contribution >= 4 is 11.5 Å². The van der Waals surface area contributed by atoms with E-state index in [1.165, 1.54) is 5.01 Å². The van der Waals surface area contributed by atoms with Crippen LogP contribution < -0.4 is 5.01 Å². The Morgan fingerprint density at radius 3 is 2.33 bits per heavy atom. The van der Waals surface area contributed by atoms with Crippen molar-refractivity contribution in [3.63, 3.8) is 0 Å². The van der Waals surface area contributed by atoms with Crippen molar-refractivity contribution in [2.45, 2.75) is 6.04 Å². The molecule has 4 heteroatoms. The Kier molecular flexibility index (Phi) is 2.41. The molecule has 3 rings (SSSR count). The summed E-state index contributed by atoms with van der Waals surface area (Å²) in [6, 6.07) is 15.6. The van der Waals surface area contributed by atoms with Crippen LogP contribution >= 0.6 is 0 Å². The van der Waals surface area contributed by atoms with Crippen LogP contribution in [0.1, 0.15) is 22.0 Å². The third-order valence-electron chi connectivity index (χ3n) is 3.11. The third kappa shape index (κ3) is 1.43. The third-order valence-corrected chi connectivity index (χ3v) is 3.11. The second-order valence-corrected chi connectivity index (χ2v) is 4.12. The number of nitroso groups, excluding NO2 is 1. The molecular weight excluding hydrogens is 228 g/mol. The average molecular weight is 238 g/mol. The summed E-state index contributed by atoms with van der Waals surface area (Å²) in [6.07, 6.45) is 0. The first-order valence-electron chi connectivity index (χ1n) is 5.63. The van der Waals surface area contributed by atoms with E-state index in [1.54, 1.807) is 24.3 Å². The summed E-state index contributed by atoms with van der Waals surface area (Å²) in [5.41, 5.74) is 1.90. The fraction of sp³-hybridized carbons (Fsp3) is 0.0714. The minimum atomic E-state index is -0.638. The molecule has 0 saturated carbocycles. The van der Waals surface area contributed by atoms with Crippen molar-refractivity contribution in [2.24, 2.45) is 5.29 Å². The van der Waals surface area contributed by atoms with Crippen molar-refractivity contribution in [2.75, 3.05) is 5.01 Å². The van der Waals surface area contributed by atoms with Crippen LogP contribution in [0.4, 0.5) is 5.69 Å². The molecule has 88 valence electrons. The van der Waals surface area contributed by atoms with Gasteiger partial charge in [-0.25, -0.2) is 5.01 Å². The van der Waals surface area contributed by atoms with Crippen LogP contribution in [0, 0.1) is 4.91 Å². The molecule has 4 nitrogen and oxygen atoms in total. The van der Waals surface area contributed by atoms with E-state index in [0.29, 0.717) is 11.3 Å². The number of ketones is 1. The van der Waals surface area contributed by atoms with Crippen molar-refractivity contribution in [3.05, 3.63) is 70.6 Å². The smallest absolute Gasteiger partial charge is 0.194 e. The van der Waals surface area contributed by atoms with Crippen molar-refractivity contribution < 1.29 is 4.79 Å². The summed E-state index contributed by atoms with van der Waals surface area (Å²) < 4.78 is 0. The van der Waals surface area contributed by atoms with Crippen LogP contribution in [0.15, 0.2) is 59.9 Å². The second-order valence-electron chi connectivity index (χ2n) is 4.12. The summed E-state index contributed by atoms with van der Waals surface area (Å²) >= 11 is 0. The summed E-state index contributed by atoms with van der Waals surface area (Å²) in [7, 11) is 0. The number of anilines is 1. The zero-order chi connectivity index (χ0) is 12.5. The van der Waals surface area contributed by atoms with Gasteiger partial charge in [0.1, 0.15) is 6.04 Å². The highest BCUT2D eigenvalue weighted by Crippen LogP contribution is 2.40. The van der Waals surface area contributed by atoms with Crippen LogP contribution in [-0.2, 0) is 0 Å². The molecular formula is C14H10N2O2. The van der Waals surface area contributed by atoms with Gasteiger partial charge < -0.3 is 0 Å². The topological polar surface area (TPSA) is 49.7 Å². The quantitative estimate of drug-likeness (QED) is 0.755. The number of hydrogen-bond donors (Lipinski definition) is 0. The van der Waals surface area contributed by atoms with Gasteiger partial charge in [0, 0.05) is 5.56 Å². The van der Waals surface area contributed by atoms with E-state index in [4.69, 9.17) is 0 Å². The Bertz CT molecular complexity index is 610. The van der Waals surface area contributed by atoms with E-state index in [1.807, 2.05) is 30.3 Å². The molecule has 0 amide bonds. The Morgan fingerprint density at radius 2 is 1.61 bits per heavy atom. The number of para-hydroxylation sites is 1. The highest BCUT2D eigenvalue weighted by Gasteiger charge is 2.39. The number of hydrogen-bond acceptors (Lipinski definition) is 3. The molecule has 0 aromatic heterocycles. The number of nitrogens with zero attached hydrogens (tertiary/aromatic N) is 2. The number of carbonyl (C=O) groups is 1. The maximum Gasteiger partial charge on any atom is 0.194 e. The summed E-state index contributed by atoms with van der Waals surface area (Å²) in [5, 5.41) is 4.24. The van der Waals surface area contributed by atoms with Gasteiger partial charge in [0.25, 0.3) is 0 Å². The summed E-state index contributed by atoms with van der Waals surface area (Å²) in [5.74, 6) is -0.0867. The van der Waals surface area contributed by atoms with Gasteiger partial charge in [0.2, 0.25) is 0 Å². The van der Waals surface area contributed by atoms with Gasteiger partial charge in [-0.1, -0.05) is 42.5 Å². The summed E-state index contributed by atoms with van der Waals surface area (Å²) in [4.78, 5) is 23.3. The summed E-state index contributed by atoms with van der Waals surface area (Å²) in [6.45, 7) is 0. The minimum Gasteiger partial charge on any atom is -0.291 e. The van der Waals surface area contributed by atoms with E-state index in [-0.39, 0.29) is 5.78 Å². The molecule has 18 heavy (non-hydrogen) atoms. The molecule has 0 aliphatic carbocycles. The van der Waals surface area contributed by atoms with Gasteiger partial charge in [0.15, 0.2) is 5.78 Å². The van der Waals surface area contributed by atoms with Gasteiger partial charge in [-0.2, -0.15) is 0 Å².